The number of nitrogens with zero attached hydrogens (tertiary/aromatic N) is 1. The summed E-state index contributed by atoms with van der Waals surface area (Å²) in [7, 11) is 0. The van der Waals surface area contributed by atoms with Crippen molar-refractivity contribution in [2.24, 2.45) is 0 Å². The number of hydrogen-bond acceptors (Lipinski definition) is 3. The van der Waals surface area contributed by atoms with Gasteiger partial charge < -0.3 is 15.5 Å². The molecule has 110 valence electrons. The molecule has 21 heavy (non-hydrogen) atoms. The standard InChI is InChI=1S/C17H21N3O/c21-17(20-10-15-8-19-9-16(15)11-20)6-12-1-2-13-3-4-18-7-14(13)5-12/h1-2,5,18-19H,3-4,6-11H2. The molecular formula is C17H21N3O. The second kappa shape index (κ2) is 5.28. The Kier molecular flexibility index (Phi) is 3.28. The molecule has 2 N–H and O–H groups in total. The summed E-state index contributed by atoms with van der Waals surface area (Å²) in [5.74, 6) is 0.258. The first kappa shape index (κ1) is 13.0. The number of hydrogen-bond donors (Lipinski definition) is 2. The number of rotatable bonds is 2. The van der Waals surface area contributed by atoms with Gasteiger partial charge in [0.25, 0.3) is 0 Å². The Balaban J connectivity index is 1.43. The zero-order valence-corrected chi connectivity index (χ0v) is 12.2. The molecule has 0 spiro atoms. The Morgan fingerprint density at radius 1 is 1.05 bits per heavy atom. The molecule has 0 unspecified atom stereocenters. The highest BCUT2D eigenvalue weighted by Gasteiger charge is 2.28. The van der Waals surface area contributed by atoms with Crippen LogP contribution in [0.4, 0.5) is 0 Å². The molecule has 0 atom stereocenters. The number of carbonyl (C=O) groups excluding carboxylic acids is 1. The van der Waals surface area contributed by atoms with Crippen molar-refractivity contribution in [2.75, 3.05) is 32.7 Å². The third-order valence-corrected chi connectivity index (χ3v) is 4.81. The topological polar surface area (TPSA) is 44.4 Å². The summed E-state index contributed by atoms with van der Waals surface area (Å²) in [6.07, 6.45) is 1.63. The van der Waals surface area contributed by atoms with Crippen molar-refractivity contribution in [1.82, 2.24) is 15.5 Å². The van der Waals surface area contributed by atoms with Crippen LogP contribution in [0.15, 0.2) is 29.3 Å². The largest absolute Gasteiger partial charge is 0.334 e. The molecule has 4 rings (SSSR count). The van der Waals surface area contributed by atoms with E-state index in [0.29, 0.717) is 6.42 Å². The monoisotopic (exact) mass is 283 g/mol. The summed E-state index contributed by atoms with van der Waals surface area (Å²) in [5.41, 5.74) is 6.79. The number of amides is 1. The van der Waals surface area contributed by atoms with E-state index in [1.54, 1.807) is 0 Å². The molecule has 0 aliphatic carbocycles. The van der Waals surface area contributed by atoms with Gasteiger partial charge >= 0.3 is 0 Å². The quantitative estimate of drug-likeness (QED) is 0.782. The first-order chi connectivity index (χ1) is 10.3. The van der Waals surface area contributed by atoms with E-state index in [1.807, 2.05) is 4.90 Å². The molecule has 1 amide bonds. The Morgan fingerprint density at radius 2 is 1.86 bits per heavy atom. The van der Waals surface area contributed by atoms with Gasteiger partial charge in [0.1, 0.15) is 0 Å². The van der Waals surface area contributed by atoms with Crippen molar-refractivity contribution in [3.63, 3.8) is 0 Å². The summed E-state index contributed by atoms with van der Waals surface area (Å²) in [4.78, 5) is 14.5. The summed E-state index contributed by atoms with van der Waals surface area (Å²) < 4.78 is 0. The van der Waals surface area contributed by atoms with Crippen LogP contribution in [0.3, 0.4) is 0 Å². The molecule has 1 aromatic rings. The van der Waals surface area contributed by atoms with Gasteiger partial charge in [-0.25, -0.2) is 0 Å². The van der Waals surface area contributed by atoms with Gasteiger partial charge in [0.05, 0.1) is 6.42 Å². The number of benzene rings is 1. The lowest BCUT2D eigenvalue weighted by atomic mass is 9.97. The molecule has 4 nitrogen and oxygen atoms in total. The van der Waals surface area contributed by atoms with Crippen LogP contribution in [-0.4, -0.2) is 43.5 Å². The summed E-state index contributed by atoms with van der Waals surface area (Å²) in [6, 6.07) is 6.53. The fourth-order valence-corrected chi connectivity index (χ4v) is 3.57. The van der Waals surface area contributed by atoms with Crippen molar-refractivity contribution in [3.05, 3.63) is 46.0 Å². The predicted octanol–water partition coefficient (Wildman–Crippen LogP) is 0.617. The molecule has 3 aliphatic heterocycles. The first-order valence-corrected chi connectivity index (χ1v) is 7.79. The van der Waals surface area contributed by atoms with Crippen molar-refractivity contribution in [3.8, 4) is 0 Å². The highest BCUT2D eigenvalue weighted by molar-refractivity contribution is 5.80. The van der Waals surface area contributed by atoms with E-state index < -0.39 is 0 Å². The van der Waals surface area contributed by atoms with Crippen LogP contribution in [0.2, 0.25) is 0 Å². The second-order valence-electron chi connectivity index (χ2n) is 6.27. The lowest BCUT2D eigenvalue weighted by molar-refractivity contribution is -0.129. The molecule has 4 heteroatoms. The van der Waals surface area contributed by atoms with Crippen LogP contribution in [0.5, 0.6) is 0 Å². The summed E-state index contributed by atoms with van der Waals surface area (Å²) in [5, 5.41) is 6.74. The van der Waals surface area contributed by atoms with Crippen molar-refractivity contribution in [1.29, 1.82) is 0 Å². The Hall–Kier alpha value is -1.65. The average Bonchev–Trinajstić information content (AvgIpc) is 3.08. The van der Waals surface area contributed by atoms with Gasteiger partial charge in [0, 0.05) is 32.7 Å². The average molecular weight is 283 g/mol. The second-order valence-corrected chi connectivity index (χ2v) is 6.27. The van der Waals surface area contributed by atoms with Crippen LogP contribution in [0.25, 0.3) is 0 Å². The molecule has 0 bridgehead atoms. The third-order valence-electron chi connectivity index (χ3n) is 4.81. The molecule has 0 aromatic heterocycles. The van der Waals surface area contributed by atoms with Gasteiger partial charge in [-0.1, -0.05) is 18.2 Å². The summed E-state index contributed by atoms with van der Waals surface area (Å²) >= 11 is 0. The minimum absolute atomic E-state index is 0.258. The Morgan fingerprint density at radius 3 is 2.67 bits per heavy atom. The number of fused-ring (bicyclic) bond motifs is 1. The molecule has 0 radical (unpaired) electrons. The maximum absolute atomic E-state index is 12.5. The molecule has 3 heterocycles. The smallest absolute Gasteiger partial charge is 0.227 e. The first-order valence-electron chi connectivity index (χ1n) is 7.79. The molecule has 0 saturated heterocycles. The van der Waals surface area contributed by atoms with Crippen LogP contribution in [0, 0.1) is 0 Å². The number of carbonyl (C=O) groups is 1. The van der Waals surface area contributed by atoms with E-state index in [1.165, 1.54) is 22.3 Å². The minimum Gasteiger partial charge on any atom is -0.334 e. The van der Waals surface area contributed by atoms with E-state index >= 15 is 0 Å². The molecule has 1 aromatic carbocycles. The molecule has 3 aliphatic rings. The highest BCUT2D eigenvalue weighted by Crippen LogP contribution is 2.22. The van der Waals surface area contributed by atoms with Crippen molar-refractivity contribution < 1.29 is 4.79 Å². The van der Waals surface area contributed by atoms with E-state index in [9.17, 15) is 4.79 Å². The van der Waals surface area contributed by atoms with Crippen LogP contribution >= 0.6 is 0 Å². The van der Waals surface area contributed by atoms with E-state index in [0.717, 1.165) is 51.3 Å². The fourth-order valence-electron chi connectivity index (χ4n) is 3.57. The highest BCUT2D eigenvalue weighted by atomic mass is 16.2. The van der Waals surface area contributed by atoms with Crippen LogP contribution < -0.4 is 10.6 Å². The van der Waals surface area contributed by atoms with Crippen molar-refractivity contribution >= 4 is 5.91 Å². The Bertz CT molecular complexity index is 604. The Labute approximate surface area is 125 Å². The fraction of sp³-hybridized carbons (Fsp3) is 0.471. The lowest BCUT2D eigenvalue weighted by Crippen LogP contribution is -2.33. The SMILES string of the molecule is O=C(Cc1ccc2c(c1)CNCC2)N1CC2=C(CNC2)C1. The number of nitrogens with one attached hydrogen (secondary N) is 2. The zero-order chi connectivity index (χ0) is 14.2. The van der Waals surface area contributed by atoms with Gasteiger partial charge in [-0.15, -0.1) is 0 Å². The van der Waals surface area contributed by atoms with E-state index in [2.05, 4.69) is 28.8 Å². The van der Waals surface area contributed by atoms with Crippen molar-refractivity contribution in [2.45, 2.75) is 19.4 Å². The van der Waals surface area contributed by atoms with Gasteiger partial charge in [-0.2, -0.15) is 0 Å². The minimum atomic E-state index is 0.258. The van der Waals surface area contributed by atoms with Gasteiger partial charge in [0.15, 0.2) is 0 Å². The van der Waals surface area contributed by atoms with E-state index in [-0.39, 0.29) is 5.91 Å². The van der Waals surface area contributed by atoms with Gasteiger partial charge in [-0.3, -0.25) is 4.79 Å². The van der Waals surface area contributed by atoms with Crippen LogP contribution in [0.1, 0.15) is 16.7 Å². The van der Waals surface area contributed by atoms with Gasteiger partial charge in [0.2, 0.25) is 5.91 Å². The molecular weight excluding hydrogens is 262 g/mol. The third kappa shape index (κ3) is 2.49. The summed E-state index contributed by atoms with van der Waals surface area (Å²) in [6.45, 7) is 5.57. The van der Waals surface area contributed by atoms with E-state index in [4.69, 9.17) is 0 Å². The molecule has 0 saturated carbocycles. The maximum atomic E-state index is 12.5. The van der Waals surface area contributed by atoms with Gasteiger partial charge in [-0.05, 0) is 40.8 Å². The normalized spacial score (nSPS) is 20.7. The maximum Gasteiger partial charge on any atom is 0.227 e. The zero-order valence-electron chi connectivity index (χ0n) is 12.2. The molecule has 0 fully saturated rings. The lowest BCUT2D eigenvalue weighted by Gasteiger charge is -2.20. The predicted molar refractivity (Wildman–Crippen MR) is 82.0 cm³/mol. The van der Waals surface area contributed by atoms with Crippen LogP contribution in [-0.2, 0) is 24.2 Å².